The SMILES string of the molecule is CCc1ccc(NC(=O)N2CCC[C@@H]2c2nc(-c3ccc(F)cc3F)no2)cc1. The van der Waals surface area contributed by atoms with E-state index in [1.165, 1.54) is 11.6 Å². The second-order valence-electron chi connectivity index (χ2n) is 6.91. The molecule has 3 aromatic rings. The third-order valence-corrected chi connectivity index (χ3v) is 5.03. The van der Waals surface area contributed by atoms with Gasteiger partial charge in [-0.1, -0.05) is 24.2 Å². The Morgan fingerprint density at radius 1 is 1.24 bits per heavy atom. The zero-order chi connectivity index (χ0) is 20.4. The van der Waals surface area contributed by atoms with Gasteiger partial charge in [-0.25, -0.2) is 13.6 Å². The smallest absolute Gasteiger partial charge is 0.322 e. The lowest BCUT2D eigenvalue weighted by Crippen LogP contribution is -2.34. The van der Waals surface area contributed by atoms with Crippen LogP contribution in [-0.2, 0) is 6.42 Å². The van der Waals surface area contributed by atoms with E-state index in [0.29, 0.717) is 18.7 Å². The quantitative estimate of drug-likeness (QED) is 0.675. The van der Waals surface area contributed by atoms with Crippen LogP contribution in [0.4, 0.5) is 19.3 Å². The molecule has 1 atom stereocenters. The summed E-state index contributed by atoms with van der Waals surface area (Å²) in [5.41, 5.74) is 1.94. The molecule has 0 unspecified atom stereocenters. The molecule has 1 aliphatic rings. The molecular weight excluding hydrogens is 378 g/mol. The fourth-order valence-corrected chi connectivity index (χ4v) is 3.44. The number of amides is 2. The molecule has 4 rings (SSSR count). The molecule has 0 aliphatic carbocycles. The number of carbonyl (C=O) groups excluding carboxylic acids is 1. The van der Waals surface area contributed by atoms with Crippen molar-refractivity contribution in [2.24, 2.45) is 0 Å². The summed E-state index contributed by atoms with van der Waals surface area (Å²) in [6, 6.07) is 10.2. The molecule has 29 heavy (non-hydrogen) atoms. The van der Waals surface area contributed by atoms with Gasteiger partial charge in [0.25, 0.3) is 0 Å². The molecular formula is C21H20F2N4O2. The molecule has 0 radical (unpaired) electrons. The van der Waals surface area contributed by atoms with Crippen molar-refractivity contribution < 1.29 is 18.1 Å². The van der Waals surface area contributed by atoms with E-state index in [2.05, 4.69) is 22.4 Å². The van der Waals surface area contributed by atoms with Crippen LogP contribution in [0.15, 0.2) is 47.0 Å². The minimum absolute atomic E-state index is 0.0277. The number of hydrogen-bond acceptors (Lipinski definition) is 4. The van der Waals surface area contributed by atoms with E-state index < -0.39 is 17.7 Å². The highest BCUT2D eigenvalue weighted by atomic mass is 19.1. The molecule has 1 N–H and O–H groups in total. The average Bonchev–Trinajstić information content (AvgIpc) is 3.38. The van der Waals surface area contributed by atoms with Crippen molar-refractivity contribution in [2.45, 2.75) is 32.2 Å². The predicted octanol–water partition coefficient (Wildman–Crippen LogP) is 4.95. The maximum absolute atomic E-state index is 14.0. The highest BCUT2D eigenvalue weighted by molar-refractivity contribution is 5.89. The monoisotopic (exact) mass is 398 g/mol. The lowest BCUT2D eigenvalue weighted by Gasteiger charge is -2.22. The first-order valence-corrected chi connectivity index (χ1v) is 9.50. The molecule has 0 saturated carbocycles. The number of likely N-dealkylation sites (tertiary alicyclic amines) is 1. The zero-order valence-corrected chi connectivity index (χ0v) is 15.9. The Hall–Kier alpha value is -3.29. The highest BCUT2D eigenvalue weighted by Crippen LogP contribution is 2.33. The third-order valence-electron chi connectivity index (χ3n) is 5.03. The number of halogens is 2. The van der Waals surface area contributed by atoms with E-state index in [0.717, 1.165) is 25.0 Å². The number of nitrogens with zero attached hydrogens (tertiary/aromatic N) is 3. The summed E-state index contributed by atoms with van der Waals surface area (Å²) in [5.74, 6) is -1.19. The Balaban J connectivity index is 1.50. The maximum Gasteiger partial charge on any atom is 0.322 e. The predicted molar refractivity (Wildman–Crippen MR) is 103 cm³/mol. The molecule has 2 heterocycles. The third kappa shape index (κ3) is 3.96. The van der Waals surface area contributed by atoms with E-state index >= 15 is 0 Å². The van der Waals surface area contributed by atoms with Gasteiger partial charge in [0.15, 0.2) is 0 Å². The van der Waals surface area contributed by atoms with Gasteiger partial charge in [-0.05, 0) is 49.1 Å². The second-order valence-corrected chi connectivity index (χ2v) is 6.91. The van der Waals surface area contributed by atoms with Gasteiger partial charge in [0.1, 0.15) is 17.7 Å². The van der Waals surface area contributed by atoms with Gasteiger partial charge in [-0.3, -0.25) is 0 Å². The van der Waals surface area contributed by atoms with Gasteiger partial charge in [0.05, 0.1) is 5.56 Å². The highest BCUT2D eigenvalue weighted by Gasteiger charge is 2.34. The van der Waals surface area contributed by atoms with E-state index in [4.69, 9.17) is 4.52 Å². The zero-order valence-electron chi connectivity index (χ0n) is 15.9. The first-order chi connectivity index (χ1) is 14.0. The Morgan fingerprint density at radius 3 is 2.76 bits per heavy atom. The van der Waals surface area contributed by atoms with Crippen LogP contribution in [0.2, 0.25) is 0 Å². The van der Waals surface area contributed by atoms with E-state index in [1.807, 2.05) is 24.3 Å². The molecule has 1 fully saturated rings. The van der Waals surface area contributed by atoms with E-state index in [1.54, 1.807) is 4.90 Å². The van der Waals surface area contributed by atoms with Crippen molar-refractivity contribution in [1.82, 2.24) is 15.0 Å². The Morgan fingerprint density at radius 2 is 2.03 bits per heavy atom. The number of aryl methyl sites for hydroxylation is 1. The van der Waals surface area contributed by atoms with Crippen molar-refractivity contribution in [1.29, 1.82) is 0 Å². The molecule has 2 aromatic carbocycles. The van der Waals surface area contributed by atoms with Crippen molar-refractivity contribution in [3.63, 3.8) is 0 Å². The maximum atomic E-state index is 14.0. The van der Waals surface area contributed by atoms with Crippen LogP contribution in [0.3, 0.4) is 0 Å². The minimum Gasteiger partial charge on any atom is -0.337 e. The molecule has 6 nitrogen and oxygen atoms in total. The Bertz CT molecular complexity index is 1020. The molecule has 2 amide bonds. The first-order valence-electron chi connectivity index (χ1n) is 9.50. The standard InChI is InChI=1S/C21H20F2N4O2/c1-2-13-5-8-15(9-6-13)24-21(28)27-11-3-4-18(27)20-25-19(26-29-20)16-10-7-14(22)12-17(16)23/h5-10,12,18H,2-4,11H2,1H3,(H,24,28)/t18-/m1/s1. The van der Waals surface area contributed by atoms with Gasteiger partial charge in [-0.15, -0.1) is 0 Å². The van der Waals surface area contributed by atoms with Crippen molar-refractivity contribution in [3.8, 4) is 11.4 Å². The number of hydrogen-bond donors (Lipinski definition) is 1. The molecule has 0 bridgehead atoms. The fraction of sp³-hybridized carbons (Fsp3) is 0.286. The van der Waals surface area contributed by atoms with Crippen molar-refractivity contribution >= 4 is 11.7 Å². The number of aromatic nitrogens is 2. The van der Waals surface area contributed by atoms with Crippen molar-refractivity contribution in [3.05, 3.63) is 65.6 Å². The number of nitrogens with one attached hydrogen (secondary N) is 1. The van der Waals surface area contributed by atoms with Crippen LogP contribution in [0.5, 0.6) is 0 Å². The fourth-order valence-electron chi connectivity index (χ4n) is 3.44. The molecule has 150 valence electrons. The molecule has 1 aromatic heterocycles. The minimum atomic E-state index is -0.770. The topological polar surface area (TPSA) is 71.3 Å². The number of carbonyl (C=O) groups is 1. The Kier molecular flexibility index (Phi) is 5.24. The van der Waals surface area contributed by atoms with Crippen LogP contribution in [-0.4, -0.2) is 27.6 Å². The van der Waals surface area contributed by atoms with Crippen LogP contribution in [0, 0.1) is 11.6 Å². The summed E-state index contributed by atoms with van der Waals surface area (Å²) >= 11 is 0. The summed E-state index contributed by atoms with van der Waals surface area (Å²) in [4.78, 5) is 18.6. The van der Waals surface area contributed by atoms with Gasteiger partial charge < -0.3 is 14.7 Å². The summed E-state index contributed by atoms with van der Waals surface area (Å²) in [7, 11) is 0. The normalized spacial score (nSPS) is 16.2. The summed E-state index contributed by atoms with van der Waals surface area (Å²) in [6.07, 6.45) is 2.38. The first kappa shape index (κ1) is 19.0. The van der Waals surface area contributed by atoms with Gasteiger partial charge in [0, 0.05) is 18.3 Å². The van der Waals surface area contributed by atoms with Crippen LogP contribution in [0.25, 0.3) is 11.4 Å². The van der Waals surface area contributed by atoms with E-state index in [9.17, 15) is 13.6 Å². The second kappa shape index (κ2) is 7.98. The summed E-state index contributed by atoms with van der Waals surface area (Å²) < 4.78 is 32.4. The molecule has 8 heteroatoms. The lowest BCUT2D eigenvalue weighted by molar-refractivity contribution is 0.193. The number of urea groups is 1. The molecule has 1 saturated heterocycles. The van der Waals surface area contributed by atoms with Gasteiger partial charge in [0.2, 0.25) is 11.7 Å². The number of anilines is 1. The lowest BCUT2D eigenvalue weighted by atomic mass is 10.1. The number of benzene rings is 2. The van der Waals surface area contributed by atoms with Crippen molar-refractivity contribution in [2.75, 3.05) is 11.9 Å². The molecule has 0 spiro atoms. The van der Waals surface area contributed by atoms with Gasteiger partial charge in [-0.2, -0.15) is 4.98 Å². The van der Waals surface area contributed by atoms with Crippen LogP contribution >= 0.6 is 0 Å². The molecule has 1 aliphatic heterocycles. The van der Waals surface area contributed by atoms with Crippen LogP contribution < -0.4 is 5.32 Å². The van der Waals surface area contributed by atoms with Crippen LogP contribution in [0.1, 0.15) is 37.3 Å². The van der Waals surface area contributed by atoms with Gasteiger partial charge >= 0.3 is 6.03 Å². The largest absolute Gasteiger partial charge is 0.337 e. The van der Waals surface area contributed by atoms with E-state index in [-0.39, 0.29) is 23.3 Å². The summed E-state index contributed by atoms with van der Waals surface area (Å²) in [5, 5.41) is 6.70. The average molecular weight is 398 g/mol. The number of rotatable bonds is 4. The Labute approximate surface area is 166 Å². The summed E-state index contributed by atoms with van der Waals surface area (Å²) in [6.45, 7) is 2.62.